The van der Waals surface area contributed by atoms with E-state index < -0.39 is 17.3 Å². The largest absolute Gasteiger partial charge is 0.480 e. The average molecular weight is 159 g/mol. The van der Waals surface area contributed by atoms with Gasteiger partial charge in [-0.05, 0) is 13.3 Å². The number of amides is 1. The molecule has 0 bridgehead atoms. The number of carbonyl (C=O) groups excluding carboxylic acids is 1. The highest BCUT2D eigenvalue weighted by Gasteiger charge is 2.38. The van der Waals surface area contributed by atoms with E-state index in [0.29, 0.717) is 6.42 Å². The number of aliphatic carboxylic acids is 1. The third-order valence-corrected chi connectivity index (χ3v) is 1.77. The van der Waals surface area contributed by atoms with Gasteiger partial charge in [-0.1, -0.05) is 13.3 Å². The lowest BCUT2D eigenvalue weighted by Crippen LogP contribution is -2.41. The van der Waals surface area contributed by atoms with E-state index in [0.717, 1.165) is 0 Å². The summed E-state index contributed by atoms with van der Waals surface area (Å²) < 4.78 is 0. The summed E-state index contributed by atoms with van der Waals surface area (Å²) in [6, 6.07) is 0. The minimum atomic E-state index is -1.39. The van der Waals surface area contributed by atoms with Gasteiger partial charge in [0, 0.05) is 0 Å². The molecule has 1 atom stereocenters. The molecule has 0 aromatic carbocycles. The topological polar surface area (TPSA) is 80.4 Å². The van der Waals surface area contributed by atoms with Crippen LogP contribution in [0.1, 0.15) is 26.7 Å². The molecule has 0 heterocycles. The third-order valence-electron chi connectivity index (χ3n) is 1.77. The molecular weight excluding hydrogens is 146 g/mol. The summed E-state index contributed by atoms with van der Waals surface area (Å²) in [6.07, 6.45) is 0.920. The molecule has 4 heteroatoms. The molecule has 0 saturated carbocycles. The van der Waals surface area contributed by atoms with Crippen LogP contribution in [0.3, 0.4) is 0 Å². The molecule has 0 spiro atoms. The molecule has 11 heavy (non-hydrogen) atoms. The lowest BCUT2D eigenvalue weighted by atomic mass is 9.85. The van der Waals surface area contributed by atoms with E-state index in [4.69, 9.17) is 10.8 Å². The fourth-order valence-electron chi connectivity index (χ4n) is 0.836. The van der Waals surface area contributed by atoms with Gasteiger partial charge in [0.25, 0.3) is 0 Å². The van der Waals surface area contributed by atoms with Crippen LogP contribution in [0, 0.1) is 5.41 Å². The van der Waals surface area contributed by atoms with Crippen molar-refractivity contribution in [3.8, 4) is 0 Å². The second kappa shape index (κ2) is 3.37. The average Bonchev–Trinajstić information content (AvgIpc) is 1.87. The minimum Gasteiger partial charge on any atom is -0.480 e. The standard InChI is InChI=1S/C7H13NO3/c1-3-4-7(2,5(8)9)6(10)11/h3-4H2,1-2H3,(H2,8,9)(H,10,11). The fourth-order valence-corrected chi connectivity index (χ4v) is 0.836. The van der Waals surface area contributed by atoms with Gasteiger partial charge in [0.2, 0.25) is 5.91 Å². The summed E-state index contributed by atoms with van der Waals surface area (Å²) in [5, 5.41) is 8.63. The molecule has 3 N–H and O–H groups in total. The van der Waals surface area contributed by atoms with Gasteiger partial charge >= 0.3 is 5.97 Å². The van der Waals surface area contributed by atoms with Crippen LogP contribution in [0.5, 0.6) is 0 Å². The Morgan fingerprint density at radius 3 is 2.09 bits per heavy atom. The van der Waals surface area contributed by atoms with Crippen molar-refractivity contribution in [3.05, 3.63) is 0 Å². The number of carboxylic acid groups (broad SMARTS) is 1. The molecule has 0 aromatic rings. The van der Waals surface area contributed by atoms with Gasteiger partial charge in [-0.25, -0.2) is 0 Å². The van der Waals surface area contributed by atoms with Crippen molar-refractivity contribution >= 4 is 11.9 Å². The fraction of sp³-hybridized carbons (Fsp3) is 0.714. The highest BCUT2D eigenvalue weighted by molar-refractivity contribution is 6.00. The Morgan fingerprint density at radius 1 is 1.55 bits per heavy atom. The molecule has 0 rings (SSSR count). The first kappa shape index (κ1) is 9.94. The molecule has 1 amide bonds. The maximum atomic E-state index is 10.7. The van der Waals surface area contributed by atoms with E-state index >= 15 is 0 Å². The van der Waals surface area contributed by atoms with Crippen molar-refractivity contribution in [3.63, 3.8) is 0 Å². The van der Waals surface area contributed by atoms with Gasteiger partial charge < -0.3 is 10.8 Å². The normalized spacial score (nSPS) is 15.5. The zero-order valence-electron chi connectivity index (χ0n) is 6.76. The van der Waals surface area contributed by atoms with Gasteiger partial charge in [-0.2, -0.15) is 0 Å². The highest BCUT2D eigenvalue weighted by Crippen LogP contribution is 2.22. The van der Waals surface area contributed by atoms with Crippen LogP contribution in [-0.2, 0) is 9.59 Å². The summed E-state index contributed by atoms with van der Waals surface area (Å²) in [5.74, 6) is -1.92. The van der Waals surface area contributed by atoms with Crippen LogP contribution in [-0.4, -0.2) is 17.0 Å². The van der Waals surface area contributed by atoms with Crippen LogP contribution < -0.4 is 5.73 Å². The minimum absolute atomic E-state index is 0.289. The summed E-state index contributed by atoms with van der Waals surface area (Å²) in [6.45, 7) is 3.16. The number of nitrogens with two attached hydrogens (primary N) is 1. The van der Waals surface area contributed by atoms with Crippen molar-refractivity contribution in [1.82, 2.24) is 0 Å². The quantitative estimate of drug-likeness (QED) is 0.581. The lowest BCUT2D eigenvalue weighted by Gasteiger charge is -2.19. The molecule has 0 fully saturated rings. The number of primary amides is 1. The zero-order chi connectivity index (χ0) is 9.07. The first-order chi connectivity index (χ1) is 4.95. The zero-order valence-corrected chi connectivity index (χ0v) is 6.76. The molecule has 1 unspecified atom stereocenters. The van der Waals surface area contributed by atoms with Crippen LogP contribution in [0.25, 0.3) is 0 Å². The van der Waals surface area contributed by atoms with E-state index in [1.54, 1.807) is 0 Å². The molecule has 0 aliphatic rings. The van der Waals surface area contributed by atoms with E-state index in [-0.39, 0.29) is 6.42 Å². The van der Waals surface area contributed by atoms with Gasteiger partial charge in [-0.3, -0.25) is 9.59 Å². The lowest BCUT2D eigenvalue weighted by molar-refractivity contribution is -0.153. The number of carbonyl (C=O) groups is 2. The molecule has 0 aliphatic carbocycles. The summed E-state index contributed by atoms with van der Waals surface area (Å²) in [5.41, 5.74) is 3.54. The van der Waals surface area contributed by atoms with Crippen LogP contribution >= 0.6 is 0 Å². The van der Waals surface area contributed by atoms with Crippen LogP contribution in [0.2, 0.25) is 0 Å². The summed E-state index contributed by atoms with van der Waals surface area (Å²) >= 11 is 0. The smallest absolute Gasteiger partial charge is 0.318 e. The van der Waals surface area contributed by atoms with Crippen molar-refractivity contribution in [1.29, 1.82) is 0 Å². The monoisotopic (exact) mass is 159 g/mol. The molecule has 0 aromatic heterocycles. The van der Waals surface area contributed by atoms with Crippen molar-refractivity contribution in [2.75, 3.05) is 0 Å². The maximum Gasteiger partial charge on any atom is 0.318 e. The van der Waals surface area contributed by atoms with Crippen molar-refractivity contribution < 1.29 is 14.7 Å². The number of hydrogen-bond donors (Lipinski definition) is 2. The number of hydrogen-bond acceptors (Lipinski definition) is 2. The van der Waals surface area contributed by atoms with Crippen LogP contribution in [0.4, 0.5) is 0 Å². The van der Waals surface area contributed by atoms with Gasteiger partial charge in [-0.15, -0.1) is 0 Å². The van der Waals surface area contributed by atoms with Gasteiger partial charge in [0.1, 0.15) is 5.41 Å². The summed E-state index contributed by atoms with van der Waals surface area (Å²) in [7, 11) is 0. The van der Waals surface area contributed by atoms with Gasteiger partial charge in [0.05, 0.1) is 0 Å². The molecular formula is C7H13NO3. The molecule has 64 valence electrons. The van der Waals surface area contributed by atoms with Gasteiger partial charge in [0.15, 0.2) is 0 Å². The number of rotatable bonds is 4. The maximum absolute atomic E-state index is 10.7. The van der Waals surface area contributed by atoms with E-state index in [1.165, 1.54) is 6.92 Å². The Hall–Kier alpha value is -1.06. The molecule has 0 radical (unpaired) electrons. The van der Waals surface area contributed by atoms with Crippen molar-refractivity contribution in [2.45, 2.75) is 26.7 Å². The Bertz CT molecular complexity index is 163. The SMILES string of the molecule is CCCC(C)(C(N)=O)C(=O)O. The van der Waals surface area contributed by atoms with E-state index in [1.807, 2.05) is 6.92 Å². The van der Waals surface area contributed by atoms with Crippen LogP contribution in [0.15, 0.2) is 0 Å². The summed E-state index contributed by atoms with van der Waals surface area (Å²) in [4.78, 5) is 21.2. The first-order valence-electron chi connectivity index (χ1n) is 3.48. The second-order valence-electron chi connectivity index (χ2n) is 2.75. The molecule has 4 nitrogen and oxygen atoms in total. The highest BCUT2D eigenvalue weighted by atomic mass is 16.4. The Labute approximate surface area is 65.4 Å². The van der Waals surface area contributed by atoms with Crippen molar-refractivity contribution in [2.24, 2.45) is 11.1 Å². The van der Waals surface area contributed by atoms with E-state index in [2.05, 4.69) is 0 Å². The predicted octanol–water partition coefficient (Wildman–Crippen LogP) is 0.363. The Morgan fingerprint density at radius 2 is 2.00 bits per heavy atom. The Kier molecular flexibility index (Phi) is 3.04. The molecule has 0 saturated heterocycles. The van der Waals surface area contributed by atoms with E-state index in [9.17, 15) is 9.59 Å². The molecule has 0 aliphatic heterocycles. The Balaban J connectivity index is 4.52. The number of carboxylic acids is 1. The first-order valence-corrected chi connectivity index (χ1v) is 3.48. The third kappa shape index (κ3) is 1.93. The second-order valence-corrected chi connectivity index (χ2v) is 2.75. The predicted molar refractivity (Wildman–Crippen MR) is 39.8 cm³/mol.